The van der Waals surface area contributed by atoms with E-state index >= 15 is 0 Å². The second kappa shape index (κ2) is 5.36. The number of carbonyl (C=O) groups is 1. The highest BCUT2D eigenvalue weighted by Crippen LogP contribution is 2.22. The minimum absolute atomic E-state index is 0.0446. The monoisotopic (exact) mass is 240 g/mol. The van der Waals surface area contributed by atoms with E-state index in [2.05, 4.69) is 10.6 Å². The van der Waals surface area contributed by atoms with E-state index in [1.807, 2.05) is 6.92 Å². The van der Waals surface area contributed by atoms with Gasteiger partial charge in [0.25, 0.3) is 0 Å². The fourth-order valence-electron chi connectivity index (χ4n) is 2.86. The maximum absolute atomic E-state index is 12.2. The highest BCUT2D eigenvalue weighted by molar-refractivity contribution is 5.86. The van der Waals surface area contributed by atoms with Crippen LogP contribution in [0.1, 0.15) is 51.9 Å². The molecule has 17 heavy (non-hydrogen) atoms. The van der Waals surface area contributed by atoms with Crippen molar-refractivity contribution in [2.24, 2.45) is 0 Å². The molecule has 2 fully saturated rings. The van der Waals surface area contributed by atoms with Gasteiger partial charge in [0.15, 0.2) is 0 Å². The largest absolute Gasteiger partial charge is 0.391 e. The molecule has 0 spiro atoms. The van der Waals surface area contributed by atoms with E-state index in [9.17, 15) is 9.90 Å². The van der Waals surface area contributed by atoms with Crippen LogP contribution in [0.5, 0.6) is 0 Å². The maximum Gasteiger partial charge on any atom is 0.240 e. The molecule has 0 radical (unpaired) electrons. The van der Waals surface area contributed by atoms with Gasteiger partial charge in [-0.15, -0.1) is 0 Å². The van der Waals surface area contributed by atoms with Crippen LogP contribution in [0.2, 0.25) is 0 Å². The first kappa shape index (κ1) is 12.8. The first-order chi connectivity index (χ1) is 8.12. The fourth-order valence-corrected chi connectivity index (χ4v) is 2.86. The number of aliphatic hydroxyl groups is 1. The molecule has 3 atom stereocenters. The molecule has 4 nitrogen and oxygen atoms in total. The Bertz CT molecular complexity index is 275. The van der Waals surface area contributed by atoms with Crippen molar-refractivity contribution in [1.82, 2.24) is 10.6 Å². The summed E-state index contributed by atoms with van der Waals surface area (Å²) < 4.78 is 0. The molecule has 3 N–H and O–H groups in total. The summed E-state index contributed by atoms with van der Waals surface area (Å²) >= 11 is 0. The Balaban J connectivity index is 1.90. The Labute approximate surface area is 103 Å². The number of nitrogens with one attached hydrogen (secondary N) is 2. The normalized spacial score (nSPS) is 38.7. The van der Waals surface area contributed by atoms with Crippen LogP contribution < -0.4 is 10.6 Å². The van der Waals surface area contributed by atoms with Gasteiger partial charge in [0.1, 0.15) is 0 Å². The fraction of sp³-hybridized carbons (Fsp3) is 0.923. The molecule has 0 aromatic carbocycles. The Morgan fingerprint density at radius 3 is 2.71 bits per heavy atom. The lowest BCUT2D eigenvalue weighted by molar-refractivity contribution is -0.130. The van der Waals surface area contributed by atoms with E-state index in [1.165, 1.54) is 0 Å². The molecule has 1 unspecified atom stereocenters. The Morgan fingerprint density at radius 2 is 2.06 bits per heavy atom. The third-order valence-corrected chi connectivity index (χ3v) is 4.17. The third-order valence-electron chi connectivity index (χ3n) is 4.17. The maximum atomic E-state index is 12.2. The summed E-state index contributed by atoms with van der Waals surface area (Å²) in [7, 11) is 0. The van der Waals surface area contributed by atoms with Crippen molar-refractivity contribution in [2.75, 3.05) is 6.54 Å². The summed E-state index contributed by atoms with van der Waals surface area (Å²) in [6.07, 6.45) is 6.67. The molecule has 1 saturated heterocycles. The molecular formula is C13H24N2O2. The average molecular weight is 240 g/mol. The summed E-state index contributed by atoms with van der Waals surface area (Å²) in [6, 6.07) is -0.0446. The smallest absolute Gasteiger partial charge is 0.240 e. The van der Waals surface area contributed by atoms with Gasteiger partial charge in [-0.3, -0.25) is 4.79 Å². The first-order valence-corrected chi connectivity index (χ1v) is 6.86. The lowest BCUT2D eigenvalue weighted by Crippen LogP contribution is -2.60. The van der Waals surface area contributed by atoms with Crippen molar-refractivity contribution >= 4 is 5.91 Å². The Kier molecular flexibility index (Phi) is 4.05. The first-order valence-electron chi connectivity index (χ1n) is 6.86. The Morgan fingerprint density at radius 1 is 1.29 bits per heavy atom. The van der Waals surface area contributed by atoms with Crippen LogP contribution in [0.25, 0.3) is 0 Å². The van der Waals surface area contributed by atoms with Crippen molar-refractivity contribution in [3.05, 3.63) is 0 Å². The summed E-state index contributed by atoms with van der Waals surface area (Å²) in [5.41, 5.74) is -0.435. The van der Waals surface area contributed by atoms with Crippen LogP contribution in [0, 0.1) is 0 Å². The van der Waals surface area contributed by atoms with Gasteiger partial charge < -0.3 is 15.7 Å². The van der Waals surface area contributed by atoms with E-state index < -0.39 is 5.54 Å². The third kappa shape index (κ3) is 2.99. The van der Waals surface area contributed by atoms with Gasteiger partial charge in [-0.1, -0.05) is 12.8 Å². The average Bonchev–Trinajstić information content (AvgIpc) is 2.33. The van der Waals surface area contributed by atoms with Gasteiger partial charge in [-0.25, -0.2) is 0 Å². The van der Waals surface area contributed by atoms with Crippen LogP contribution >= 0.6 is 0 Å². The van der Waals surface area contributed by atoms with E-state index in [0.717, 1.165) is 51.5 Å². The molecule has 98 valence electrons. The molecule has 0 bridgehead atoms. The number of carbonyl (C=O) groups excluding carboxylic acids is 1. The van der Waals surface area contributed by atoms with E-state index in [4.69, 9.17) is 0 Å². The SMILES string of the molecule is CC1(C(=O)N[C@@H]2CCCC[C@H]2O)CCCCN1. The van der Waals surface area contributed by atoms with Crippen LogP contribution in [0.4, 0.5) is 0 Å². The molecule has 1 saturated carbocycles. The lowest BCUT2D eigenvalue weighted by atomic mass is 9.88. The zero-order valence-electron chi connectivity index (χ0n) is 10.7. The quantitative estimate of drug-likeness (QED) is 0.673. The summed E-state index contributed by atoms with van der Waals surface area (Å²) in [6.45, 7) is 2.88. The molecule has 1 heterocycles. The van der Waals surface area contributed by atoms with Crippen LogP contribution in [-0.4, -0.2) is 35.2 Å². The summed E-state index contributed by atoms with van der Waals surface area (Å²) in [5, 5.41) is 16.2. The van der Waals surface area contributed by atoms with Crippen LogP contribution in [0.15, 0.2) is 0 Å². The number of rotatable bonds is 2. The van der Waals surface area contributed by atoms with Gasteiger partial charge in [-0.05, 0) is 45.6 Å². The second-order valence-corrected chi connectivity index (χ2v) is 5.65. The van der Waals surface area contributed by atoms with Crippen LogP contribution in [-0.2, 0) is 4.79 Å². The minimum atomic E-state index is -0.435. The zero-order chi connectivity index (χ0) is 12.3. The molecule has 1 aliphatic heterocycles. The predicted octanol–water partition coefficient (Wildman–Crippen LogP) is 0.938. The number of amides is 1. The number of hydrogen-bond acceptors (Lipinski definition) is 3. The van der Waals surface area contributed by atoms with Crippen molar-refractivity contribution in [2.45, 2.75) is 69.6 Å². The molecule has 0 aromatic rings. The highest BCUT2D eigenvalue weighted by Gasteiger charge is 2.36. The molecule has 2 rings (SSSR count). The van der Waals surface area contributed by atoms with E-state index in [0.29, 0.717) is 0 Å². The number of piperidine rings is 1. The molecule has 2 aliphatic rings. The van der Waals surface area contributed by atoms with Gasteiger partial charge in [-0.2, -0.15) is 0 Å². The van der Waals surface area contributed by atoms with Crippen molar-refractivity contribution in [3.63, 3.8) is 0 Å². The molecule has 0 aromatic heterocycles. The van der Waals surface area contributed by atoms with Crippen molar-refractivity contribution in [1.29, 1.82) is 0 Å². The topological polar surface area (TPSA) is 61.4 Å². The van der Waals surface area contributed by atoms with E-state index in [-0.39, 0.29) is 18.1 Å². The molecule has 1 aliphatic carbocycles. The molecular weight excluding hydrogens is 216 g/mol. The van der Waals surface area contributed by atoms with Crippen LogP contribution in [0.3, 0.4) is 0 Å². The summed E-state index contributed by atoms with van der Waals surface area (Å²) in [4.78, 5) is 12.2. The Hall–Kier alpha value is -0.610. The summed E-state index contributed by atoms with van der Waals surface area (Å²) in [5.74, 6) is 0.0585. The van der Waals surface area contributed by atoms with Crippen molar-refractivity contribution < 1.29 is 9.90 Å². The van der Waals surface area contributed by atoms with E-state index in [1.54, 1.807) is 0 Å². The van der Waals surface area contributed by atoms with Gasteiger partial charge >= 0.3 is 0 Å². The number of aliphatic hydroxyl groups excluding tert-OH is 1. The standard InChI is InChI=1S/C13H24N2O2/c1-13(8-4-5-9-14-13)12(17)15-10-6-2-3-7-11(10)16/h10-11,14,16H,2-9H2,1H3,(H,15,17)/t10-,11-,13?/m1/s1. The second-order valence-electron chi connectivity index (χ2n) is 5.65. The van der Waals surface area contributed by atoms with Gasteiger partial charge in [0, 0.05) is 0 Å². The number of hydrogen-bond donors (Lipinski definition) is 3. The van der Waals surface area contributed by atoms with Gasteiger partial charge in [0.05, 0.1) is 17.7 Å². The zero-order valence-corrected chi connectivity index (χ0v) is 10.7. The lowest BCUT2D eigenvalue weighted by Gasteiger charge is -2.36. The van der Waals surface area contributed by atoms with Crippen molar-refractivity contribution in [3.8, 4) is 0 Å². The molecule has 1 amide bonds. The highest BCUT2D eigenvalue weighted by atomic mass is 16.3. The predicted molar refractivity (Wildman–Crippen MR) is 66.7 cm³/mol. The molecule has 4 heteroatoms. The van der Waals surface area contributed by atoms with Gasteiger partial charge in [0.2, 0.25) is 5.91 Å². The minimum Gasteiger partial charge on any atom is -0.391 e.